The molecule has 0 radical (unpaired) electrons. The third kappa shape index (κ3) is 5.49. The second-order valence-electron chi connectivity index (χ2n) is 7.55. The quantitative estimate of drug-likeness (QED) is 0.355. The van der Waals surface area contributed by atoms with Gasteiger partial charge in [-0.05, 0) is 42.0 Å². The van der Waals surface area contributed by atoms with E-state index in [1.165, 1.54) is 6.92 Å². The zero-order valence-electron chi connectivity index (χ0n) is 18.7. The summed E-state index contributed by atoms with van der Waals surface area (Å²) in [6.45, 7) is 2.26. The van der Waals surface area contributed by atoms with Crippen molar-refractivity contribution in [3.8, 4) is 17.0 Å². The number of hydrogen-bond donors (Lipinski definition) is 3. The smallest absolute Gasteiger partial charge is 0.276 e. The van der Waals surface area contributed by atoms with Crippen LogP contribution in [0.3, 0.4) is 0 Å². The van der Waals surface area contributed by atoms with Crippen molar-refractivity contribution in [3.63, 3.8) is 0 Å². The first kappa shape index (κ1) is 23.2. The Hall–Kier alpha value is -3.98. The number of aromatic amines is 1. The van der Waals surface area contributed by atoms with Crippen LogP contribution in [-0.2, 0) is 17.8 Å². The fourth-order valence-corrected chi connectivity index (χ4v) is 3.63. The van der Waals surface area contributed by atoms with E-state index < -0.39 is 0 Å². The maximum atomic E-state index is 12.8. The number of methoxy groups -OCH3 is 1. The van der Waals surface area contributed by atoms with Crippen molar-refractivity contribution in [2.45, 2.75) is 19.9 Å². The van der Waals surface area contributed by atoms with Gasteiger partial charge in [0, 0.05) is 37.0 Å². The van der Waals surface area contributed by atoms with E-state index in [0.29, 0.717) is 58.7 Å². The van der Waals surface area contributed by atoms with E-state index in [4.69, 9.17) is 16.3 Å². The number of carbonyl (C=O) groups is 1. The summed E-state index contributed by atoms with van der Waals surface area (Å²) in [4.78, 5) is 40.7. The maximum Gasteiger partial charge on any atom is 0.276 e. The number of hydrogen-bond acceptors (Lipinski definition) is 7. The topological polar surface area (TPSA) is 122 Å². The molecule has 174 valence electrons. The van der Waals surface area contributed by atoms with Gasteiger partial charge in [-0.3, -0.25) is 9.59 Å². The molecule has 4 aromatic rings. The highest BCUT2D eigenvalue weighted by Gasteiger charge is 2.15. The van der Waals surface area contributed by atoms with E-state index in [1.54, 1.807) is 37.4 Å². The van der Waals surface area contributed by atoms with E-state index >= 15 is 0 Å². The first-order valence-electron chi connectivity index (χ1n) is 10.6. The molecule has 1 amide bonds. The lowest BCUT2D eigenvalue weighted by Crippen LogP contribution is -2.23. The molecule has 4 rings (SSSR count). The Morgan fingerprint density at radius 1 is 1.12 bits per heavy atom. The number of ether oxygens (including phenoxy) is 1. The van der Waals surface area contributed by atoms with Crippen molar-refractivity contribution in [2.24, 2.45) is 0 Å². The molecule has 9 nitrogen and oxygen atoms in total. The highest BCUT2D eigenvalue weighted by Crippen LogP contribution is 2.21. The molecule has 0 atom stereocenters. The summed E-state index contributed by atoms with van der Waals surface area (Å²) in [5.74, 6) is 0.869. The summed E-state index contributed by atoms with van der Waals surface area (Å²) in [6, 6.07) is 14.5. The number of amides is 1. The van der Waals surface area contributed by atoms with Crippen LogP contribution in [0.15, 0.2) is 53.3 Å². The van der Waals surface area contributed by atoms with Crippen molar-refractivity contribution in [1.29, 1.82) is 0 Å². The van der Waals surface area contributed by atoms with Crippen LogP contribution in [0, 0.1) is 0 Å². The molecule has 0 saturated carbocycles. The molecule has 0 aliphatic heterocycles. The maximum absolute atomic E-state index is 12.8. The Labute approximate surface area is 200 Å². The molecule has 0 aliphatic rings. The summed E-state index contributed by atoms with van der Waals surface area (Å²) in [7, 11) is 1.58. The molecule has 0 unspecified atom stereocenters. The molecule has 0 saturated heterocycles. The predicted molar refractivity (Wildman–Crippen MR) is 131 cm³/mol. The minimum Gasteiger partial charge on any atom is -0.497 e. The Morgan fingerprint density at radius 2 is 1.91 bits per heavy atom. The van der Waals surface area contributed by atoms with Crippen molar-refractivity contribution < 1.29 is 9.53 Å². The Morgan fingerprint density at radius 3 is 2.62 bits per heavy atom. The van der Waals surface area contributed by atoms with Gasteiger partial charge in [0.1, 0.15) is 17.0 Å². The molecule has 10 heteroatoms. The first-order valence-corrected chi connectivity index (χ1v) is 11.0. The summed E-state index contributed by atoms with van der Waals surface area (Å²) >= 11 is 6.06. The largest absolute Gasteiger partial charge is 0.497 e. The van der Waals surface area contributed by atoms with Crippen LogP contribution in [0.1, 0.15) is 18.2 Å². The first-order chi connectivity index (χ1) is 16.4. The average Bonchev–Trinajstić information content (AvgIpc) is 2.82. The summed E-state index contributed by atoms with van der Waals surface area (Å²) in [5.41, 5.74) is 2.84. The van der Waals surface area contributed by atoms with Crippen LogP contribution in [-0.4, -0.2) is 39.5 Å². The van der Waals surface area contributed by atoms with Gasteiger partial charge in [-0.15, -0.1) is 0 Å². The van der Waals surface area contributed by atoms with Crippen LogP contribution in [0.2, 0.25) is 5.02 Å². The van der Waals surface area contributed by atoms with Gasteiger partial charge in [0.15, 0.2) is 5.65 Å². The molecular weight excluding hydrogens is 456 g/mol. The Bertz CT molecular complexity index is 1390. The molecule has 0 fully saturated rings. The minimum absolute atomic E-state index is 0.141. The van der Waals surface area contributed by atoms with Crippen LogP contribution >= 0.6 is 11.6 Å². The number of anilines is 1. The second-order valence-corrected chi connectivity index (χ2v) is 7.99. The number of nitrogens with one attached hydrogen (secondary N) is 3. The molecule has 2 aromatic heterocycles. The van der Waals surface area contributed by atoms with Gasteiger partial charge in [0.05, 0.1) is 12.8 Å². The monoisotopic (exact) mass is 478 g/mol. The van der Waals surface area contributed by atoms with Gasteiger partial charge in [-0.25, -0.2) is 9.97 Å². The van der Waals surface area contributed by atoms with E-state index in [1.807, 2.05) is 18.2 Å². The lowest BCUT2D eigenvalue weighted by atomic mass is 10.1. The van der Waals surface area contributed by atoms with E-state index in [2.05, 4.69) is 30.6 Å². The van der Waals surface area contributed by atoms with Gasteiger partial charge in [-0.1, -0.05) is 23.7 Å². The fraction of sp³-hybridized carbons (Fsp3) is 0.208. The number of H-pyrrole nitrogens is 1. The van der Waals surface area contributed by atoms with Crippen LogP contribution in [0.4, 0.5) is 5.95 Å². The van der Waals surface area contributed by atoms with Crippen LogP contribution < -0.4 is 20.9 Å². The summed E-state index contributed by atoms with van der Waals surface area (Å²) in [5, 5.41) is 6.56. The fourth-order valence-electron chi connectivity index (χ4n) is 3.42. The summed E-state index contributed by atoms with van der Waals surface area (Å²) < 4.78 is 5.19. The van der Waals surface area contributed by atoms with E-state index in [9.17, 15) is 9.59 Å². The van der Waals surface area contributed by atoms with E-state index in [0.717, 1.165) is 5.56 Å². The molecule has 0 bridgehead atoms. The van der Waals surface area contributed by atoms with Gasteiger partial charge in [0.2, 0.25) is 11.9 Å². The average molecular weight is 479 g/mol. The zero-order valence-corrected chi connectivity index (χ0v) is 19.4. The number of rotatable bonds is 8. The van der Waals surface area contributed by atoms with E-state index in [-0.39, 0.29) is 17.2 Å². The SMILES string of the molecule is COc1ccc(-c2nc3c(CCNC(C)=O)nc(NCc4cccc(Cl)c4)nc3[nH]c2=O)cc1. The Balaban J connectivity index is 1.72. The van der Waals surface area contributed by atoms with Crippen LogP contribution in [0.25, 0.3) is 22.4 Å². The third-order valence-corrected chi connectivity index (χ3v) is 5.30. The lowest BCUT2D eigenvalue weighted by Gasteiger charge is -2.11. The summed E-state index contributed by atoms with van der Waals surface area (Å²) in [6.07, 6.45) is 0.408. The normalized spacial score (nSPS) is 10.8. The second kappa shape index (κ2) is 10.3. The number of nitrogens with zero attached hydrogens (tertiary/aromatic N) is 3. The highest BCUT2D eigenvalue weighted by atomic mass is 35.5. The minimum atomic E-state index is -0.370. The zero-order chi connectivity index (χ0) is 24.1. The number of fused-ring (bicyclic) bond motifs is 1. The lowest BCUT2D eigenvalue weighted by molar-refractivity contribution is -0.118. The molecule has 0 spiro atoms. The molecular formula is C24H23ClN6O3. The number of aromatic nitrogens is 4. The number of carbonyl (C=O) groups excluding carboxylic acids is 1. The van der Waals surface area contributed by atoms with Crippen LogP contribution in [0.5, 0.6) is 5.75 Å². The predicted octanol–water partition coefficient (Wildman–Crippen LogP) is 3.33. The van der Waals surface area contributed by atoms with Gasteiger partial charge in [0.25, 0.3) is 5.56 Å². The van der Waals surface area contributed by atoms with Crippen molar-refractivity contribution in [3.05, 3.63) is 75.2 Å². The molecule has 2 heterocycles. The standard InChI is InChI=1S/C24H23ClN6O3/c1-14(32)26-11-10-19-21-22(31-24(28-19)27-13-15-4-3-5-17(25)12-15)30-23(33)20(29-21)16-6-8-18(34-2)9-7-16/h3-9,12H,10-11,13H2,1-2H3,(H,26,32)(H2,27,28,30,31,33). The molecule has 2 aromatic carbocycles. The van der Waals surface area contributed by atoms with Gasteiger partial charge < -0.3 is 20.4 Å². The number of halogens is 1. The van der Waals surface area contributed by atoms with Crippen molar-refractivity contribution >= 4 is 34.6 Å². The van der Waals surface area contributed by atoms with Gasteiger partial charge >= 0.3 is 0 Å². The molecule has 3 N–H and O–H groups in total. The third-order valence-electron chi connectivity index (χ3n) is 5.07. The van der Waals surface area contributed by atoms with Crippen molar-refractivity contribution in [2.75, 3.05) is 19.0 Å². The number of benzene rings is 2. The Kier molecular flexibility index (Phi) is 7.03. The molecule has 34 heavy (non-hydrogen) atoms. The van der Waals surface area contributed by atoms with Crippen molar-refractivity contribution in [1.82, 2.24) is 25.3 Å². The molecule has 0 aliphatic carbocycles. The highest BCUT2D eigenvalue weighted by molar-refractivity contribution is 6.30. The van der Waals surface area contributed by atoms with Gasteiger partial charge in [-0.2, -0.15) is 4.98 Å².